The van der Waals surface area contributed by atoms with Gasteiger partial charge in [-0.15, -0.1) is 12.4 Å². The molecule has 1 aromatic heterocycles. The van der Waals surface area contributed by atoms with Gasteiger partial charge in [0.25, 0.3) is 0 Å². The monoisotopic (exact) mass is 224 g/mol. The van der Waals surface area contributed by atoms with E-state index in [1.807, 2.05) is 30.3 Å². The van der Waals surface area contributed by atoms with Crippen molar-refractivity contribution in [2.75, 3.05) is 6.54 Å². The van der Waals surface area contributed by atoms with Gasteiger partial charge in [0.05, 0.1) is 6.20 Å². The van der Waals surface area contributed by atoms with Gasteiger partial charge >= 0.3 is 0 Å². The van der Waals surface area contributed by atoms with Gasteiger partial charge in [0.2, 0.25) is 0 Å². The highest BCUT2D eigenvalue weighted by molar-refractivity contribution is 5.85. The van der Waals surface area contributed by atoms with Crippen LogP contribution < -0.4 is 5.73 Å². The maximum Gasteiger partial charge on any atom is 0.170 e. The summed E-state index contributed by atoms with van der Waals surface area (Å²) in [5.74, 6) is 0.830. The van der Waals surface area contributed by atoms with Gasteiger partial charge in [-0.25, -0.2) is 0 Å². The number of hydrogen-bond donors (Lipinski definition) is 1. The largest absolute Gasteiger partial charge is 0.356 e. The van der Waals surface area contributed by atoms with Crippen LogP contribution in [0.1, 0.15) is 5.56 Å². The van der Waals surface area contributed by atoms with Crippen molar-refractivity contribution in [1.29, 1.82) is 0 Å². The smallest absolute Gasteiger partial charge is 0.170 e. The quantitative estimate of drug-likeness (QED) is 0.870. The molecule has 0 atom stereocenters. The van der Waals surface area contributed by atoms with Crippen molar-refractivity contribution in [1.82, 2.24) is 5.16 Å². The molecule has 3 nitrogen and oxygen atoms in total. The summed E-state index contributed by atoms with van der Waals surface area (Å²) in [6, 6.07) is 9.93. The fraction of sp³-hybridized carbons (Fsp3) is 0.182. The van der Waals surface area contributed by atoms with Gasteiger partial charge in [-0.05, 0) is 13.0 Å². The van der Waals surface area contributed by atoms with Crippen LogP contribution in [0.3, 0.4) is 0 Å². The summed E-state index contributed by atoms with van der Waals surface area (Å²) in [5.41, 5.74) is 7.61. The molecule has 0 spiro atoms. The minimum Gasteiger partial charge on any atom is -0.356 e. The van der Waals surface area contributed by atoms with Crippen LogP contribution in [0.4, 0.5) is 0 Å². The van der Waals surface area contributed by atoms with Gasteiger partial charge in [-0.1, -0.05) is 35.5 Å². The molecule has 0 saturated carbocycles. The Bertz CT molecular complexity index is 400. The van der Waals surface area contributed by atoms with E-state index in [0.717, 1.165) is 23.3 Å². The van der Waals surface area contributed by atoms with Crippen LogP contribution in [-0.4, -0.2) is 11.7 Å². The van der Waals surface area contributed by atoms with E-state index >= 15 is 0 Å². The van der Waals surface area contributed by atoms with Crippen LogP contribution in [0, 0.1) is 0 Å². The van der Waals surface area contributed by atoms with Crippen LogP contribution in [0.2, 0.25) is 0 Å². The van der Waals surface area contributed by atoms with Crippen molar-refractivity contribution < 1.29 is 4.52 Å². The lowest BCUT2D eigenvalue weighted by Gasteiger charge is -1.98. The molecule has 1 heterocycles. The third kappa shape index (κ3) is 2.58. The lowest BCUT2D eigenvalue weighted by Crippen LogP contribution is -2.02. The Morgan fingerprint density at radius 1 is 1.20 bits per heavy atom. The van der Waals surface area contributed by atoms with E-state index in [2.05, 4.69) is 5.16 Å². The first-order valence-corrected chi connectivity index (χ1v) is 4.61. The highest BCUT2D eigenvalue weighted by Gasteiger charge is 2.08. The second kappa shape index (κ2) is 5.53. The molecule has 2 N–H and O–H groups in total. The lowest BCUT2D eigenvalue weighted by atomic mass is 10.1. The number of hydrogen-bond acceptors (Lipinski definition) is 3. The van der Waals surface area contributed by atoms with Gasteiger partial charge in [-0.2, -0.15) is 0 Å². The second-order valence-electron chi connectivity index (χ2n) is 3.08. The number of nitrogens with zero attached hydrogens (tertiary/aromatic N) is 1. The summed E-state index contributed by atoms with van der Waals surface area (Å²) in [6.45, 7) is 0.612. The molecule has 0 saturated heterocycles. The Balaban J connectivity index is 0.00000112. The number of benzene rings is 1. The first-order chi connectivity index (χ1) is 6.92. The van der Waals surface area contributed by atoms with Crippen LogP contribution in [0.5, 0.6) is 0 Å². The topological polar surface area (TPSA) is 52.0 Å². The molecule has 0 aliphatic carbocycles. The SMILES string of the molecule is Cl.NCCc1cnoc1-c1ccccc1. The number of halogens is 1. The molecule has 0 bridgehead atoms. The standard InChI is InChI=1S/C11H12N2O.ClH/c12-7-6-10-8-13-14-11(10)9-4-2-1-3-5-9;/h1-5,8H,6-7,12H2;1H. The number of rotatable bonds is 3. The molecule has 0 unspecified atom stereocenters. The van der Waals surface area contributed by atoms with E-state index < -0.39 is 0 Å². The van der Waals surface area contributed by atoms with E-state index in [9.17, 15) is 0 Å². The first kappa shape index (κ1) is 11.8. The average Bonchev–Trinajstić information content (AvgIpc) is 2.68. The summed E-state index contributed by atoms with van der Waals surface area (Å²) >= 11 is 0. The van der Waals surface area contributed by atoms with Crippen molar-refractivity contribution in [2.45, 2.75) is 6.42 Å². The van der Waals surface area contributed by atoms with E-state index in [1.165, 1.54) is 0 Å². The van der Waals surface area contributed by atoms with E-state index in [0.29, 0.717) is 6.54 Å². The van der Waals surface area contributed by atoms with E-state index in [-0.39, 0.29) is 12.4 Å². The molecule has 80 valence electrons. The molecule has 4 heteroatoms. The molecule has 2 rings (SSSR count). The minimum atomic E-state index is 0. The number of aromatic nitrogens is 1. The Morgan fingerprint density at radius 2 is 1.93 bits per heavy atom. The molecular weight excluding hydrogens is 212 g/mol. The summed E-state index contributed by atoms with van der Waals surface area (Å²) in [5, 5.41) is 3.79. The van der Waals surface area contributed by atoms with Crippen LogP contribution in [0.15, 0.2) is 41.1 Å². The van der Waals surface area contributed by atoms with Gasteiger partial charge < -0.3 is 10.3 Å². The summed E-state index contributed by atoms with van der Waals surface area (Å²) in [7, 11) is 0. The predicted molar refractivity (Wildman–Crippen MR) is 61.9 cm³/mol. The average molecular weight is 225 g/mol. The van der Waals surface area contributed by atoms with Crippen LogP contribution >= 0.6 is 12.4 Å². The molecule has 0 aliphatic heterocycles. The van der Waals surface area contributed by atoms with Crippen molar-refractivity contribution >= 4 is 12.4 Å². The first-order valence-electron chi connectivity index (χ1n) is 4.61. The second-order valence-corrected chi connectivity index (χ2v) is 3.08. The zero-order valence-corrected chi connectivity index (χ0v) is 9.04. The summed E-state index contributed by atoms with van der Waals surface area (Å²) < 4.78 is 5.20. The summed E-state index contributed by atoms with van der Waals surface area (Å²) in [4.78, 5) is 0. The Morgan fingerprint density at radius 3 is 2.60 bits per heavy atom. The molecule has 1 aromatic carbocycles. The van der Waals surface area contributed by atoms with Crippen molar-refractivity contribution in [3.8, 4) is 11.3 Å². The number of nitrogens with two attached hydrogens (primary N) is 1. The third-order valence-corrected chi connectivity index (χ3v) is 2.09. The predicted octanol–water partition coefficient (Wildman–Crippen LogP) is 2.26. The van der Waals surface area contributed by atoms with E-state index in [4.69, 9.17) is 10.3 Å². The Kier molecular flexibility index (Phi) is 4.34. The molecule has 0 fully saturated rings. The van der Waals surface area contributed by atoms with Gasteiger partial charge in [0, 0.05) is 11.1 Å². The molecule has 2 aromatic rings. The van der Waals surface area contributed by atoms with Crippen molar-refractivity contribution in [3.05, 3.63) is 42.1 Å². The normalized spacial score (nSPS) is 9.67. The Hall–Kier alpha value is -1.32. The fourth-order valence-electron chi connectivity index (χ4n) is 1.42. The lowest BCUT2D eigenvalue weighted by molar-refractivity contribution is 0.431. The van der Waals surface area contributed by atoms with Gasteiger partial charge in [0.15, 0.2) is 5.76 Å². The minimum absolute atomic E-state index is 0. The van der Waals surface area contributed by atoms with Gasteiger partial charge in [-0.3, -0.25) is 0 Å². The van der Waals surface area contributed by atoms with E-state index in [1.54, 1.807) is 6.20 Å². The maximum atomic E-state index is 5.50. The van der Waals surface area contributed by atoms with Crippen LogP contribution in [0.25, 0.3) is 11.3 Å². The molecule has 0 aliphatic rings. The molecule has 0 amide bonds. The zero-order chi connectivity index (χ0) is 9.80. The third-order valence-electron chi connectivity index (χ3n) is 2.09. The van der Waals surface area contributed by atoms with Gasteiger partial charge in [0.1, 0.15) is 0 Å². The van der Waals surface area contributed by atoms with Crippen molar-refractivity contribution in [2.24, 2.45) is 5.73 Å². The fourth-order valence-corrected chi connectivity index (χ4v) is 1.42. The highest BCUT2D eigenvalue weighted by Crippen LogP contribution is 2.22. The zero-order valence-electron chi connectivity index (χ0n) is 8.22. The molecule has 0 radical (unpaired) electrons. The van der Waals surface area contributed by atoms with Crippen LogP contribution in [-0.2, 0) is 6.42 Å². The molecule has 15 heavy (non-hydrogen) atoms. The van der Waals surface area contributed by atoms with Crippen molar-refractivity contribution in [3.63, 3.8) is 0 Å². The maximum absolute atomic E-state index is 5.50. The Labute approximate surface area is 94.7 Å². The highest BCUT2D eigenvalue weighted by atomic mass is 35.5. The molecular formula is C11H13ClN2O. The summed E-state index contributed by atoms with van der Waals surface area (Å²) in [6.07, 6.45) is 2.53.